The number of carbonyl (C=O) groups is 1. The summed E-state index contributed by atoms with van der Waals surface area (Å²) in [6, 6.07) is 7.19. The van der Waals surface area contributed by atoms with E-state index in [-0.39, 0.29) is 5.91 Å². The molecule has 0 spiro atoms. The van der Waals surface area contributed by atoms with Crippen LogP contribution in [0.5, 0.6) is 0 Å². The van der Waals surface area contributed by atoms with Gasteiger partial charge in [-0.05, 0) is 36.6 Å². The molecule has 3 heterocycles. The number of carbonyl (C=O) groups excluding carboxylic acids is 1. The minimum Gasteiger partial charge on any atom is -0.357 e. The van der Waals surface area contributed by atoms with Crippen molar-refractivity contribution in [2.75, 3.05) is 18.0 Å². The van der Waals surface area contributed by atoms with Gasteiger partial charge in [0.05, 0.1) is 0 Å². The molecule has 1 amide bonds. The first-order chi connectivity index (χ1) is 10.7. The van der Waals surface area contributed by atoms with Gasteiger partial charge in [0, 0.05) is 37.6 Å². The van der Waals surface area contributed by atoms with E-state index in [1.165, 1.54) is 19.0 Å². The number of aromatic nitrogens is 2. The molecular weight excluding hydrogens is 300 g/mol. The third-order valence-corrected chi connectivity index (χ3v) is 3.89. The fourth-order valence-electron chi connectivity index (χ4n) is 2.48. The van der Waals surface area contributed by atoms with Crippen LogP contribution in [0.4, 0.5) is 5.82 Å². The second-order valence-corrected chi connectivity index (χ2v) is 5.66. The van der Waals surface area contributed by atoms with Crippen molar-refractivity contribution < 1.29 is 4.79 Å². The van der Waals surface area contributed by atoms with Crippen LogP contribution >= 0.6 is 11.6 Å². The number of amides is 1. The lowest BCUT2D eigenvalue weighted by atomic mass is 10.2. The van der Waals surface area contributed by atoms with Crippen LogP contribution in [0.1, 0.15) is 28.8 Å². The Morgan fingerprint density at radius 3 is 2.73 bits per heavy atom. The summed E-state index contributed by atoms with van der Waals surface area (Å²) in [5.74, 6) is 0.835. The first-order valence-corrected chi connectivity index (χ1v) is 7.70. The molecule has 1 aliphatic rings. The Balaban J connectivity index is 1.58. The molecule has 1 aliphatic heterocycles. The summed E-state index contributed by atoms with van der Waals surface area (Å²) in [5.41, 5.74) is 1.47. The number of halogens is 1. The van der Waals surface area contributed by atoms with Gasteiger partial charge in [0.25, 0.3) is 5.91 Å². The molecule has 1 saturated heterocycles. The predicted octanol–water partition coefficient (Wildman–Crippen LogP) is 2.66. The van der Waals surface area contributed by atoms with Crippen molar-refractivity contribution in [1.82, 2.24) is 15.3 Å². The zero-order valence-corrected chi connectivity index (χ0v) is 12.9. The second kappa shape index (κ2) is 6.75. The molecule has 0 radical (unpaired) electrons. The topological polar surface area (TPSA) is 58.1 Å². The van der Waals surface area contributed by atoms with Gasteiger partial charge in [0.2, 0.25) is 0 Å². The van der Waals surface area contributed by atoms with Gasteiger partial charge < -0.3 is 10.2 Å². The summed E-state index contributed by atoms with van der Waals surface area (Å²) >= 11 is 5.78. The predicted molar refractivity (Wildman–Crippen MR) is 86.1 cm³/mol. The molecule has 22 heavy (non-hydrogen) atoms. The van der Waals surface area contributed by atoms with E-state index in [2.05, 4.69) is 20.2 Å². The number of nitrogens with one attached hydrogen (secondary N) is 1. The highest BCUT2D eigenvalue weighted by atomic mass is 35.5. The average Bonchev–Trinajstić information content (AvgIpc) is 3.07. The van der Waals surface area contributed by atoms with Gasteiger partial charge in [-0.3, -0.25) is 4.79 Å². The molecule has 5 nitrogen and oxygen atoms in total. The highest BCUT2D eigenvalue weighted by Gasteiger charge is 2.13. The molecule has 3 rings (SSSR count). The van der Waals surface area contributed by atoms with E-state index in [9.17, 15) is 4.79 Å². The van der Waals surface area contributed by atoms with Crippen LogP contribution in [0.25, 0.3) is 0 Å². The van der Waals surface area contributed by atoms with E-state index in [0.29, 0.717) is 17.3 Å². The van der Waals surface area contributed by atoms with Gasteiger partial charge in [-0.1, -0.05) is 17.7 Å². The summed E-state index contributed by atoms with van der Waals surface area (Å²) in [5, 5.41) is 3.16. The third kappa shape index (κ3) is 3.54. The van der Waals surface area contributed by atoms with Gasteiger partial charge in [0.15, 0.2) is 0 Å². The summed E-state index contributed by atoms with van der Waals surface area (Å²) in [4.78, 5) is 22.6. The second-order valence-electron chi connectivity index (χ2n) is 5.27. The largest absolute Gasteiger partial charge is 0.357 e. The lowest BCUT2D eigenvalue weighted by molar-refractivity contribution is 0.0951. The quantitative estimate of drug-likeness (QED) is 0.881. The Kier molecular flexibility index (Phi) is 4.53. The van der Waals surface area contributed by atoms with Crippen LogP contribution in [0.15, 0.2) is 36.7 Å². The van der Waals surface area contributed by atoms with Crippen molar-refractivity contribution in [2.45, 2.75) is 19.4 Å². The van der Waals surface area contributed by atoms with E-state index < -0.39 is 0 Å². The van der Waals surface area contributed by atoms with E-state index >= 15 is 0 Å². The van der Waals surface area contributed by atoms with Crippen molar-refractivity contribution in [2.24, 2.45) is 0 Å². The van der Waals surface area contributed by atoms with Crippen molar-refractivity contribution in [3.8, 4) is 0 Å². The fraction of sp³-hybridized carbons (Fsp3) is 0.312. The first-order valence-electron chi connectivity index (χ1n) is 7.32. The molecule has 2 aromatic rings. The maximum absolute atomic E-state index is 12.0. The monoisotopic (exact) mass is 316 g/mol. The fourth-order valence-corrected chi connectivity index (χ4v) is 2.66. The smallest absolute Gasteiger partial charge is 0.251 e. The Morgan fingerprint density at radius 2 is 2.05 bits per heavy atom. The number of hydrogen-bond acceptors (Lipinski definition) is 4. The molecule has 1 fully saturated rings. The number of hydrogen-bond donors (Lipinski definition) is 1. The normalized spacial score (nSPS) is 14.1. The maximum Gasteiger partial charge on any atom is 0.251 e. The molecule has 0 atom stereocenters. The highest BCUT2D eigenvalue weighted by Crippen LogP contribution is 2.17. The highest BCUT2D eigenvalue weighted by molar-refractivity contribution is 6.29. The Labute approximate surface area is 134 Å². The molecule has 114 valence electrons. The molecule has 1 N–H and O–H groups in total. The first kappa shape index (κ1) is 14.8. The van der Waals surface area contributed by atoms with Crippen LogP contribution in [0.3, 0.4) is 0 Å². The summed E-state index contributed by atoms with van der Waals surface area (Å²) in [6.45, 7) is 2.59. The maximum atomic E-state index is 12.0. The Morgan fingerprint density at radius 1 is 1.23 bits per heavy atom. The van der Waals surface area contributed by atoms with Gasteiger partial charge in [-0.15, -0.1) is 0 Å². The molecule has 6 heteroatoms. The van der Waals surface area contributed by atoms with Crippen LogP contribution in [-0.2, 0) is 6.54 Å². The molecule has 2 aromatic heterocycles. The van der Waals surface area contributed by atoms with Crippen molar-refractivity contribution >= 4 is 23.3 Å². The van der Waals surface area contributed by atoms with Gasteiger partial charge in [-0.2, -0.15) is 0 Å². The summed E-state index contributed by atoms with van der Waals surface area (Å²) < 4.78 is 0. The molecule has 0 unspecified atom stereocenters. The summed E-state index contributed by atoms with van der Waals surface area (Å²) in [6.07, 6.45) is 5.79. The number of anilines is 1. The molecule has 0 aromatic carbocycles. The van der Waals surface area contributed by atoms with Crippen LogP contribution in [0.2, 0.25) is 5.15 Å². The van der Waals surface area contributed by atoms with Gasteiger partial charge in [0.1, 0.15) is 11.0 Å². The zero-order valence-electron chi connectivity index (χ0n) is 12.1. The van der Waals surface area contributed by atoms with Crippen LogP contribution in [-0.4, -0.2) is 29.0 Å². The van der Waals surface area contributed by atoms with Crippen LogP contribution < -0.4 is 10.2 Å². The van der Waals surface area contributed by atoms with E-state index in [4.69, 9.17) is 11.6 Å². The Hall–Kier alpha value is -2.14. The molecule has 0 aliphatic carbocycles. The minimum atomic E-state index is -0.173. The molecular formula is C16H17ClN4O. The van der Waals surface area contributed by atoms with Crippen LogP contribution in [0, 0.1) is 0 Å². The molecule has 0 bridgehead atoms. The number of rotatable bonds is 4. The standard InChI is InChI=1S/C16H17ClN4O/c17-14-9-13(5-6-18-14)16(22)20-11-12-3-4-15(19-10-12)21-7-1-2-8-21/h3-6,9-10H,1-2,7-8,11H2,(H,20,22). The lowest BCUT2D eigenvalue weighted by Crippen LogP contribution is -2.23. The third-order valence-electron chi connectivity index (χ3n) is 3.68. The van der Waals surface area contributed by atoms with E-state index in [0.717, 1.165) is 24.5 Å². The number of nitrogens with zero attached hydrogens (tertiary/aromatic N) is 3. The van der Waals surface area contributed by atoms with Crippen molar-refractivity contribution in [1.29, 1.82) is 0 Å². The average molecular weight is 317 g/mol. The Bertz CT molecular complexity index is 653. The van der Waals surface area contributed by atoms with Gasteiger partial charge >= 0.3 is 0 Å². The van der Waals surface area contributed by atoms with E-state index in [1.807, 2.05) is 18.3 Å². The van der Waals surface area contributed by atoms with Gasteiger partial charge in [-0.25, -0.2) is 9.97 Å². The summed E-state index contributed by atoms with van der Waals surface area (Å²) in [7, 11) is 0. The SMILES string of the molecule is O=C(NCc1ccc(N2CCCC2)nc1)c1ccnc(Cl)c1. The van der Waals surface area contributed by atoms with Crippen molar-refractivity contribution in [3.05, 3.63) is 52.9 Å². The minimum absolute atomic E-state index is 0.173. The molecule has 0 saturated carbocycles. The zero-order chi connectivity index (χ0) is 15.4. The van der Waals surface area contributed by atoms with Crippen molar-refractivity contribution in [3.63, 3.8) is 0 Å². The van der Waals surface area contributed by atoms with E-state index in [1.54, 1.807) is 12.1 Å². The number of pyridine rings is 2. The lowest BCUT2D eigenvalue weighted by Gasteiger charge is -2.16.